The first-order valence-electron chi connectivity index (χ1n) is 8.33. The standard InChI is InChI=1S/C17H21N5O3/c1-11-12-8-24-10-17(14(12)20-16(19-11)21(2)3)5-7-22(9-17)15(23)13-4-6-18-25-13/h4,6H,5,7-10H2,1-3H3. The topological polar surface area (TPSA) is 84.6 Å². The van der Waals surface area contributed by atoms with Crippen LogP contribution in [0.4, 0.5) is 5.95 Å². The number of fused-ring (bicyclic) bond motifs is 2. The zero-order valence-corrected chi connectivity index (χ0v) is 14.7. The first-order valence-corrected chi connectivity index (χ1v) is 8.33. The van der Waals surface area contributed by atoms with Gasteiger partial charge in [0.25, 0.3) is 5.91 Å². The Kier molecular flexibility index (Phi) is 3.72. The lowest BCUT2D eigenvalue weighted by Gasteiger charge is -2.35. The van der Waals surface area contributed by atoms with Crippen molar-refractivity contribution in [3.05, 3.63) is 35.0 Å². The maximum atomic E-state index is 12.6. The number of ether oxygens (including phenoxy) is 1. The van der Waals surface area contributed by atoms with E-state index in [4.69, 9.17) is 14.2 Å². The molecule has 0 aromatic carbocycles. The molecule has 4 heterocycles. The van der Waals surface area contributed by atoms with Crippen molar-refractivity contribution in [2.75, 3.05) is 38.7 Å². The number of aryl methyl sites for hydroxylation is 1. The fourth-order valence-electron chi connectivity index (χ4n) is 3.65. The Morgan fingerprint density at radius 2 is 2.20 bits per heavy atom. The zero-order chi connectivity index (χ0) is 17.6. The Labute approximate surface area is 145 Å². The quantitative estimate of drug-likeness (QED) is 0.809. The molecule has 0 aliphatic carbocycles. The van der Waals surface area contributed by atoms with Gasteiger partial charge >= 0.3 is 0 Å². The van der Waals surface area contributed by atoms with Crippen LogP contribution >= 0.6 is 0 Å². The molecule has 1 amide bonds. The normalized spacial score (nSPS) is 22.3. The minimum absolute atomic E-state index is 0.139. The van der Waals surface area contributed by atoms with Gasteiger partial charge < -0.3 is 19.1 Å². The molecule has 8 heteroatoms. The number of anilines is 1. The van der Waals surface area contributed by atoms with Crippen molar-refractivity contribution in [1.82, 2.24) is 20.0 Å². The molecule has 4 rings (SSSR count). The van der Waals surface area contributed by atoms with Crippen LogP contribution < -0.4 is 4.90 Å². The minimum Gasteiger partial charge on any atom is -0.376 e. The van der Waals surface area contributed by atoms with E-state index in [2.05, 4.69) is 10.1 Å². The molecule has 2 aliphatic rings. The minimum atomic E-state index is -0.290. The second-order valence-corrected chi connectivity index (χ2v) is 6.96. The molecule has 1 spiro atoms. The van der Waals surface area contributed by atoms with Gasteiger partial charge in [0.2, 0.25) is 11.7 Å². The molecule has 8 nitrogen and oxygen atoms in total. The summed E-state index contributed by atoms with van der Waals surface area (Å²) < 4.78 is 10.9. The predicted octanol–water partition coefficient (Wildman–Crippen LogP) is 1.15. The maximum absolute atomic E-state index is 12.6. The van der Waals surface area contributed by atoms with Crippen molar-refractivity contribution in [2.24, 2.45) is 0 Å². The summed E-state index contributed by atoms with van der Waals surface area (Å²) in [6, 6.07) is 1.59. The summed E-state index contributed by atoms with van der Waals surface area (Å²) in [5, 5.41) is 3.62. The predicted molar refractivity (Wildman–Crippen MR) is 89.5 cm³/mol. The molecule has 0 saturated carbocycles. The molecule has 0 radical (unpaired) electrons. The van der Waals surface area contributed by atoms with Crippen LogP contribution in [0.5, 0.6) is 0 Å². The van der Waals surface area contributed by atoms with Crippen LogP contribution in [0.2, 0.25) is 0 Å². The van der Waals surface area contributed by atoms with E-state index in [1.165, 1.54) is 6.20 Å². The molecule has 0 N–H and O–H groups in total. The van der Waals surface area contributed by atoms with Crippen LogP contribution in [-0.2, 0) is 16.8 Å². The lowest BCUT2D eigenvalue weighted by Crippen LogP contribution is -2.42. The number of amides is 1. The number of nitrogens with zero attached hydrogens (tertiary/aromatic N) is 5. The van der Waals surface area contributed by atoms with Crippen LogP contribution in [0.15, 0.2) is 16.8 Å². The van der Waals surface area contributed by atoms with Gasteiger partial charge in [-0.15, -0.1) is 0 Å². The molecule has 1 fully saturated rings. The van der Waals surface area contributed by atoms with E-state index >= 15 is 0 Å². The largest absolute Gasteiger partial charge is 0.376 e. The number of rotatable bonds is 2. The Bertz CT molecular complexity index is 805. The number of hydrogen-bond acceptors (Lipinski definition) is 7. The van der Waals surface area contributed by atoms with Crippen molar-refractivity contribution in [3.8, 4) is 0 Å². The first-order chi connectivity index (χ1) is 12.0. The van der Waals surface area contributed by atoms with Gasteiger partial charge in [-0.05, 0) is 13.3 Å². The molecule has 1 unspecified atom stereocenters. The summed E-state index contributed by atoms with van der Waals surface area (Å²) in [6.07, 6.45) is 2.29. The monoisotopic (exact) mass is 343 g/mol. The first kappa shape index (κ1) is 16.0. The van der Waals surface area contributed by atoms with E-state index in [1.807, 2.05) is 25.9 Å². The molecule has 2 aliphatic heterocycles. The Morgan fingerprint density at radius 3 is 2.92 bits per heavy atom. The fraction of sp³-hybridized carbons (Fsp3) is 0.529. The number of aromatic nitrogens is 3. The number of carbonyl (C=O) groups excluding carboxylic acids is 1. The molecule has 2 aromatic heterocycles. The van der Waals surface area contributed by atoms with Crippen LogP contribution in [0.3, 0.4) is 0 Å². The van der Waals surface area contributed by atoms with E-state index in [1.54, 1.807) is 11.0 Å². The zero-order valence-electron chi connectivity index (χ0n) is 14.7. The van der Waals surface area contributed by atoms with E-state index in [9.17, 15) is 4.79 Å². The highest BCUT2D eigenvalue weighted by Gasteiger charge is 2.47. The van der Waals surface area contributed by atoms with Crippen molar-refractivity contribution >= 4 is 11.9 Å². The summed E-state index contributed by atoms with van der Waals surface area (Å²) in [6.45, 7) is 4.27. The SMILES string of the molecule is Cc1nc(N(C)C)nc2c1COCC21CCN(C(=O)c2ccno2)C1. The molecular formula is C17H21N5O3. The third-order valence-electron chi connectivity index (χ3n) is 5.02. The molecule has 2 aromatic rings. The van der Waals surface area contributed by atoms with Crippen molar-refractivity contribution in [1.29, 1.82) is 0 Å². The summed E-state index contributed by atoms with van der Waals surface area (Å²) in [5.41, 5.74) is 2.71. The summed E-state index contributed by atoms with van der Waals surface area (Å²) in [4.78, 5) is 25.7. The lowest BCUT2D eigenvalue weighted by molar-refractivity contribution is 0.0473. The maximum Gasteiger partial charge on any atom is 0.292 e. The smallest absolute Gasteiger partial charge is 0.292 e. The van der Waals surface area contributed by atoms with Gasteiger partial charge in [-0.25, -0.2) is 9.97 Å². The Morgan fingerprint density at radius 1 is 1.36 bits per heavy atom. The third kappa shape index (κ3) is 2.57. The van der Waals surface area contributed by atoms with Crippen LogP contribution in [0, 0.1) is 6.92 Å². The fourth-order valence-corrected chi connectivity index (χ4v) is 3.65. The van der Waals surface area contributed by atoms with Crippen molar-refractivity contribution < 1.29 is 14.1 Å². The van der Waals surface area contributed by atoms with Crippen LogP contribution in [0.25, 0.3) is 0 Å². The van der Waals surface area contributed by atoms with Gasteiger partial charge in [0.15, 0.2) is 0 Å². The Hall–Kier alpha value is -2.48. The number of hydrogen-bond donors (Lipinski definition) is 0. The number of carbonyl (C=O) groups is 1. The second-order valence-electron chi connectivity index (χ2n) is 6.96. The van der Waals surface area contributed by atoms with E-state index in [0.717, 1.165) is 23.4 Å². The van der Waals surface area contributed by atoms with E-state index < -0.39 is 0 Å². The highest BCUT2D eigenvalue weighted by Crippen LogP contribution is 2.40. The molecule has 25 heavy (non-hydrogen) atoms. The molecule has 1 saturated heterocycles. The molecular weight excluding hydrogens is 322 g/mol. The van der Waals surface area contributed by atoms with Crippen LogP contribution in [-0.4, -0.2) is 59.7 Å². The molecule has 1 atom stereocenters. The van der Waals surface area contributed by atoms with Gasteiger partial charge in [0.05, 0.1) is 30.5 Å². The van der Waals surface area contributed by atoms with Crippen LogP contribution in [0.1, 0.15) is 33.9 Å². The van der Waals surface area contributed by atoms with Crippen molar-refractivity contribution in [3.63, 3.8) is 0 Å². The van der Waals surface area contributed by atoms with Gasteiger partial charge in [-0.3, -0.25) is 4.79 Å². The number of likely N-dealkylation sites (tertiary alicyclic amines) is 1. The van der Waals surface area contributed by atoms with Crippen molar-refractivity contribution in [2.45, 2.75) is 25.4 Å². The van der Waals surface area contributed by atoms with Gasteiger partial charge in [0.1, 0.15) is 0 Å². The van der Waals surface area contributed by atoms with Gasteiger partial charge in [-0.2, -0.15) is 0 Å². The lowest BCUT2D eigenvalue weighted by atomic mass is 9.80. The summed E-state index contributed by atoms with van der Waals surface area (Å²) >= 11 is 0. The molecule has 132 valence electrons. The second kappa shape index (κ2) is 5.80. The molecule has 0 bridgehead atoms. The average molecular weight is 343 g/mol. The van der Waals surface area contributed by atoms with Gasteiger partial charge in [0, 0.05) is 44.5 Å². The summed E-state index contributed by atoms with van der Waals surface area (Å²) in [7, 11) is 3.86. The highest BCUT2D eigenvalue weighted by molar-refractivity contribution is 5.91. The van der Waals surface area contributed by atoms with E-state index in [0.29, 0.717) is 32.3 Å². The van der Waals surface area contributed by atoms with E-state index in [-0.39, 0.29) is 17.1 Å². The van der Waals surface area contributed by atoms with Gasteiger partial charge in [-0.1, -0.05) is 5.16 Å². The highest BCUT2D eigenvalue weighted by atomic mass is 16.5. The third-order valence-corrected chi connectivity index (χ3v) is 5.02. The average Bonchev–Trinajstić information content (AvgIpc) is 3.26. The Balaban J connectivity index is 1.70. The summed E-state index contributed by atoms with van der Waals surface area (Å²) in [5.74, 6) is 0.819.